The van der Waals surface area contributed by atoms with E-state index in [0.717, 1.165) is 25.8 Å². The van der Waals surface area contributed by atoms with Gasteiger partial charge in [0.05, 0.1) is 6.54 Å². The molecule has 1 fully saturated rings. The van der Waals surface area contributed by atoms with Crippen LogP contribution in [0.4, 0.5) is 13.2 Å². The van der Waals surface area contributed by atoms with Gasteiger partial charge in [0.2, 0.25) is 0 Å². The summed E-state index contributed by atoms with van der Waals surface area (Å²) in [5.74, 6) is 0. The zero-order valence-electron chi connectivity index (χ0n) is 9.98. The zero-order valence-corrected chi connectivity index (χ0v) is 9.98. The first-order chi connectivity index (χ1) is 7.42. The lowest BCUT2D eigenvalue weighted by Gasteiger charge is -2.37. The quantitative estimate of drug-likeness (QED) is 0.809. The molecule has 0 bridgehead atoms. The number of hydrogen-bond donors (Lipinski definition) is 1. The van der Waals surface area contributed by atoms with Gasteiger partial charge in [-0.2, -0.15) is 13.2 Å². The van der Waals surface area contributed by atoms with Crippen LogP contribution >= 0.6 is 0 Å². The van der Waals surface area contributed by atoms with Gasteiger partial charge in [-0.05, 0) is 39.3 Å². The Bertz CT molecular complexity index is 206. The zero-order chi connectivity index (χ0) is 12.2. The summed E-state index contributed by atoms with van der Waals surface area (Å²) in [5, 5.41) is 3.26. The Kier molecular flexibility index (Phi) is 5.05. The van der Waals surface area contributed by atoms with E-state index < -0.39 is 12.7 Å². The first-order valence-electron chi connectivity index (χ1n) is 5.96. The van der Waals surface area contributed by atoms with Crippen molar-refractivity contribution in [2.24, 2.45) is 0 Å². The fourth-order valence-electron chi connectivity index (χ4n) is 2.35. The average Bonchev–Trinajstić information content (AvgIpc) is 2.15. The monoisotopic (exact) mass is 238 g/mol. The molecule has 96 valence electrons. The van der Waals surface area contributed by atoms with Crippen molar-refractivity contribution in [2.45, 2.75) is 51.4 Å². The Morgan fingerprint density at radius 3 is 2.56 bits per heavy atom. The minimum atomic E-state index is -4.08. The summed E-state index contributed by atoms with van der Waals surface area (Å²) in [6.45, 7) is 4.55. The molecule has 2 unspecified atom stereocenters. The minimum absolute atomic E-state index is 0.0813. The normalized spacial score (nSPS) is 27.4. The van der Waals surface area contributed by atoms with Gasteiger partial charge in [0.15, 0.2) is 0 Å². The predicted octanol–water partition coefficient (Wildman–Crippen LogP) is 2.40. The van der Waals surface area contributed by atoms with Gasteiger partial charge in [-0.25, -0.2) is 0 Å². The van der Waals surface area contributed by atoms with Crippen LogP contribution in [-0.2, 0) is 0 Å². The van der Waals surface area contributed by atoms with E-state index in [-0.39, 0.29) is 6.04 Å². The highest BCUT2D eigenvalue weighted by Crippen LogP contribution is 2.22. The molecule has 2 atom stereocenters. The summed E-state index contributed by atoms with van der Waals surface area (Å²) in [5.41, 5.74) is 0. The summed E-state index contributed by atoms with van der Waals surface area (Å²) < 4.78 is 37.3. The molecule has 2 nitrogen and oxygen atoms in total. The van der Waals surface area contributed by atoms with E-state index in [1.165, 1.54) is 0 Å². The van der Waals surface area contributed by atoms with Crippen LogP contribution in [0.25, 0.3) is 0 Å². The Morgan fingerprint density at radius 2 is 2.06 bits per heavy atom. The highest BCUT2D eigenvalue weighted by atomic mass is 19.4. The van der Waals surface area contributed by atoms with Gasteiger partial charge in [0, 0.05) is 12.1 Å². The smallest absolute Gasteiger partial charge is 0.314 e. The second-order valence-corrected chi connectivity index (χ2v) is 4.62. The number of nitrogens with one attached hydrogen (secondary N) is 1. The van der Waals surface area contributed by atoms with Crippen molar-refractivity contribution >= 4 is 0 Å². The molecule has 1 aliphatic heterocycles. The van der Waals surface area contributed by atoms with Crippen molar-refractivity contribution in [1.82, 2.24) is 10.2 Å². The molecule has 1 saturated heterocycles. The van der Waals surface area contributed by atoms with Gasteiger partial charge in [-0.1, -0.05) is 6.92 Å². The van der Waals surface area contributed by atoms with Crippen molar-refractivity contribution in [3.8, 4) is 0 Å². The molecule has 0 aromatic rings. The maximum atomic E-state index is 12.4. The molecule has 5 heteroatoms. The molecule has 0 aromatic heterocycles. The fourth-order valence-corrected chi connectivity index (χ4v) is 2.35. The highest BCUT2D eigenvalue weighted by molar-refractivity contribution is 4.83. The molecule has 1 rings (SSSR count). The molecular weight excluding hydrogens is 217 g/mol. The Balaban J connectivity index is 2.54. The van der Waals surface area contributed by atoms with E-state index >= 15 is 0 Å². The standard InChI is InChI=1S/C11H21F3N2/c1-3-6-16(8-11(12,13)14)10-4-5-15-9(2)7-10/h9-10,15H,3-8H2,1-2H3. The summed E-state index contributed by atoms with van der Waals surface area (Å²) in [7, 11) is 0. The van der Waals surface area contributed by atoms with Crippen LogP contribution in [0, 0.1) is 0 Å². The van der Waals surface area contributed by atoms with Crippen molar-refractivity contribution in [3.63, 3.8) is 0 Å². The molecule has 16 heavy (non-hydrogen) atoms. The maximum absolute atomic E-state index is 12.4. The highest BCUT2D eigenvalue weighted by Gasteiger charge is 2.34. The third-order valence-electron chi connectivity index (χ3n) is 3.01. The van der Waals surface area contributed by atoms with Crippen LogP contribution in [0.15, 0.2) is 0 Å². The summed E-state index contributed by atoms with van der Waals surface area (Å²) in [4.78, 5) is 1.59. The second kappa shape index (κ2) is 5.87. The largest absolute Gasteiger partial charge is 0.401 e. The van der Waals surface area contributed by atoms with Crippen molar-refractivity contribution in [2.75, 3.05) is 19.6 Å². The summed E-state index contributed by atoms with van der Waals surface area (Å²) in [6, 6.07) is 0.407. The number of piperidine rings is 1. The van der Waals surface area contributed by atoms with Crippen LogP contribution < -0.4 is 5.32 Å². The van der Waals surface area contributed by atoms with Crippen LogP contribution in [0.1, 0.15) is 33.1 Å². The van der Waals surface area contributed by atoms with Crippen LogP contribution in [-0.4, -0.2) is 42.8 Å². The minimum Gasteiger partial charge on any atom is -0.314 e. The second-order valence-electron chi connectivity index (χ2n) is 4.62. The van der Waals surface area contributed by atoms with Crippen LogP contribution in [0.2, 0.25) is 0 Å². The first-order valence-corrected chi connectivity index (χ1v) is 5.96. The molecule has 0 radical (unpaired) electrons. The number of alkyl halides is 3. The van der Waals surface area contributed by atoms with Crippen molar-refractivity contribution < 1.29 is 13.2 Å². The van der Waals surface area contributed by atoms with Gasteiger partial charge in [0.25, 0.3) is 0 Å². The lowest BCUT2D eigenvalue weighted by atomic mass is 9.99. The molecular formula is C11H21F3N2. The molecule has 0 aromatic carbocycles. The van der Waals surface area contributed by atoms with E-state index in [4.69, 9.17) is 0 Å². The maximum Gasteiger partial charge on any atom is 0.401 e. The van der Waals surface area contributed by atoms with E-state index in [1.807, 2.05) is 13.8 Å². The molecule has 0 amide bonds. The van der Waals surface area contributed by atoms with E-state index in [0.29, 0.717) is 12.6 Å². The molecule has 0 saturated carbocycles. The average molecular weight is 238 g/mol. The number of halogens is 3. The molecule has 0 aliphatic carbocycles. The number of rotatable bonds is 4. The summed E-state index contributed by atoms with van der Waals surface area (Å²) in [6.07, 6.45) is -1.67. The molecule has 0 spiro atoms. The van der Waals surface area contributed by atoms with Crippen LogP contribution in [0.3, 0.4) is 0 Å². The molecule has 1 heterocycles. The Hall–Kier alpha value is -0.290. The third kappa shape index (κ3) is 4.70. The lowest BCUT2D eigenvalue weighted by molar-refractivity contribution is -0.152. The van der Waals surface area contributed by atoms with E-state index in [9.17, 15) is 13.2 Å². The van der Waals surface area contributed by atoms with Gasteiger partial charge in [-0.3, -0.25) is 4.90 Å². The van der Waals surface area contributed by atoms with Gasteiger partial charge in [0.1, 0.15) is 0 Å². The SMILES string of the molecule is CCCN(CC(F)(F)F)C1CCNC(C)C1. The molecule has 1 N–H and O–H groups in total. The Morgan fingerprint density at radius 1 is 1.38 bits per heavy atom. The van der Waals surface area contributed by atoms with E-state index in [1.54, 1.807) is 4.90 Å². The van der Waals surface area contributed by atoms with E-state index in [2.05, 4.69) is 5.32 Å². The fraction of sp³-hybridized carbons (Fsp3) is 1.00. The van der Waals surface area contributed by atoms with Gasteiger partial charge >= 0.3 is 6.18 Å². The van der Waals surface area contributed by atoms with Crippen molar-refractivity contribution in [1.29, 1.82) is 0 Å². The lowest BCUT2D eigenvalue weighted by Crippen LogP contribution is -2.49. The van der Waals surface area contributed by atoms with Crippen molar-refractivity contribution in [3.05, 3.63) is 0 Å². The Labute approximate surface area is 95.2 Å². The first kappa shape index (κ1) is 13.8. The van der Waals surface area contributed by atoms with Gasteiger partial charge in [-0.15, -0.1) is 0 Å². The number of nitrogens with zero attached hydrogens (tertiary/aromatic N) is 1. The van der Waals surface area contributed by atoms with Crippen LogP contribution in [0.5, 0.6) is 0 Å². The third-order valence-corrected chi connectivity index (χ3v) is 3.01. The topological polar surface area (TPSA) is 15.3 Å². The predicted molar refractivity (Wildman–Crippen MR) is 58.4 cm³/mol. The number of hydrogen-bond acceptors (Lipinski definition) is 2. The van der Waals surface area contributed by atoms with Gasteiger partial charge < -0.3 is 5.32 Å². The molecule has 1 aliphatic rings. The summed E-state index contributed by atoms with van der Waals surface area (Å²) >= 11 is 0.